The van der Waals surface area contributed by atoms with Gasteiger partial charge in [0.1, 0.15) is 0 Å². The molecular weight excluding hydrogens is 138 g/mol. The van der Waals surface area contributed by atoms with Crippen LogP contribution < -0.4 is 5.32 Å². The van der Waals surface area contributed by atoms with Crippen molar-refractivity contribution in [2.75, 3.05) is 0 Å². The molecule has 0 bridgehead atoms. The van der Waals surface area contributed by atoms with E-state index in [1.807, 2.05) is 12.2 Å². The summed E-state index contributed by atoms with van der Waals surface area (Å²) in [7, 11) is 0. The van der Waals surface area contributed by atoms with Crippen LogP contribution in [0, 0.1) is 0 Å². The SMILES string of the molecule is C=CC(=O)NC1=CC=CCC1. The molecule has 0 heterocycles. The van der Waals surface area contributed by atoms with E-state index in [0.717, 1.165) is 18.5 Å². The van der Waals surface area contributed by atoms with Crippen molar-refractivity contribution >= 4 is 5.91 Å². The molecule has 11 heavy (non-hydrogen) atoms. The first-order valence-electron chi connectivity index (χ1n) is 3.62. The van der Waals surface area contributed by atoms with Crippen molar-refractivity contribution in [3.63, 3.8) is 0 Å². The first-order valence-corrected chi connectivity index (χ1v) is 3.62. The van der Waals surface area contributed by atoms with Gasteiger partial charge in [0.2, 0.25) is 5.91 Å². The van der Waals surface area contributed by atoms with Gasteiger partial charge in [-0.15, -0.1) is 0 Å². The summed E-state index contributed by atoms with van der Waals surface area (Å²) in [5.74, 6) is -0.133. The molecule has 0 aliphatic heterocycles. The van der Waals surface area contributed by atoms with E-state index in [1.165, 1.54) is 6.08 Å². The molecule has 0 aromatic carbocycles. The lowest BCUT2D eigenvalue weighted by molar-refractivity contribution is -0.115. The molecule has 0 spiro atoms. The Kier molecular flexibility index (Phi) is 2.66. The van der Waals surface area contributed by atoms with Crippen LogP contribution in [-0.2, 0) is 4.79 Å². The minimum absolute atomic E-state index is 0.133. The van der Waals surface area contributed by atoms with E-state index in [9.17, 15) is 4.79 Å². The highest BCUT2D eigenvalue weighted by atomic mass is 16.1. The number of allylic oxidation sites excluding steroid dienone is 4. The van der Waals surface area contributed by atoms with Gasteiger partial charge in [-0.25, -0.2) is 0 Å². The fourth-order valence-electron chi connectivity index (χ4n) is 0.916. The van der Waals surface area contributed by atoms with Gasteiger partial charge in [0.15, 0.2) is 0 Å². The monoisotopic (exact) mass is 149 g/mol. The molecular formula is C9H11NO. The van der Waals surface area contributed by atoms with Crippen LogP contribution in [0.25, 0.3) is 0 Å². The molecule has 1 aliphatic rings. The Morgan fingerprint density at radius 3 is 3.09 bits per heavy atom. The molecule has 1 N–H and O–H groups in total. The van der Waals surface area contributed by atoms with Crippen LogP contribution in [0.2, 0.25) is 0 Å². The molecule has 0 unspecified atom stereocenters. The van der Waals surface area contributed by atoms with Crippen molar-refractivity contribution in [3.8, 4) is 0 Å². The van der Waals surface area contributed by atoms with Gasteiger partial charge in [-0.3, -0.25) is 4.79 Å². The molecule has 0 fully saturated rings. The molecule has 2 heteroatoms. The van der Waals surface area contributed by atoms with Crippen molar-refractivity contribution in [2.24, 2.45) is 0 Å². The Bertz CT molecular complexity index is 226. The van der Waals surface area contributed by atoms with Crippen LogP contribution in [0.15, 0.2) is 36.6 Å². The zero-order valence-corrected chi connectivity index (χ0v) is 6.34. The summed E-state index contributed by atoms with van der Waals surface area (Å²) in [5.41, 5.74) is 0.970. The van der Waals surface area contributed by atoms with Crippen molar-refractivity contribution < 1.29 is 4.79 Å². The van der Waals surface area contributed by atoms with Gasteiger partial charge in [-0.05, 0) is 25.0 Å². The third-order valence-electron chi connectivity index (χ3n) is 1.48. The second-order valence-corrected chi connectivity index (χ2v) is 2.35. The van der Waals surface area contributed by atoms with Crippen LogP contribution in [0.5, 0.6) is 0 Å². The zero-order chi connectivity index (χ0) is 8.10. The average Bonchev–Trinajstić information content (AvgIpc) is 2.06. The molecule has 1 rings (SSSR count). The summed E-state index contributed by atoms with van der Waals surface area (Å²) in [6.07, 6.45) is 9.12. The van der Waals surface area contributed by atoms with E-state index in [0.29, 0.717) is 0 Å². The number of nitrogens with one attached hydrogen (secondary N) is 1. The Balaban J connectivity index is 2.48. The summed E-state index contributed by atoms with van der Waals surface area (Å²) in [4.78, 5) is 10.8. The van der Waals surface area contributed by atoms with Crippen LogP contribution in [0.1, 0.15) is 12.8 Å². The highest BCUT2D eigenvalue weighted by Crippen LogP contribution is 2.07. The number of rotatable bonds is 2. The maximum atomic E-state index is 10.8. The highest BCUT2D eigenvalue weighted by Gasteiger charge is 2.00. The number of amides is 1. The third-order valence-corrected chi connectivity index (χ3v) is 1.48. The Morgan fingerprint density at radius 2 is 2.55 bits per heavy atom. The first-order chi connectivity index (χ1) is 5.33. The summed E-state index contributed by atoms with van der Waals surface area (Å²) in [5, 5.41) is 2.72. The Morgan fingerprint density at radius 1 is 1.73 bits per heavy atom. The summed E-state index contributed by atoms with van der Waals surface area (Å²) in [6, 6.07) is 0. The predicted octanol–water partition coefficient (Wildman–Crippen LogP) is 1.52. The Hall–Kier alpha value is -1.31. The number of hydrogen-bond donors (Lipinski definition) is 1. The first kappa shape index (κ1) is 7.79. The number of hydrogen-bond acceptors (Lipinski definition) is 1. The molecule has 1 amide bonds. The number of carbonyl (C=O) groups is 1. The van der Waals surface area contributed by atoms with Gasteiger partial charge >= 0.3 is 0 Å². The van der Waals surface area contributed by atoms with E-state index in [-0.39, 0.29) is 5.91 Å². The fourth-order valence-corrected chi connectivity index (χ4v) is 0.916. The van der Waals surface area contributed by atoms with Crippen molar-refractivity contribution in [2.45, 2.75) is 12.8 Å². The smallest absolute Gasteiger partial charge is 0.247 e. The van der Waals surface area contributed by atoms with E-state index >= 15 is 0 Å². The average molecular weight is 149 g/mol. The number of carbonyl (C=O) groups excluding carboxylic acids is 1. The lowest BCUT2D eigenvalue weighted by atomic mass is 10.1. The summed E-state index contributed by atoms with van der Waals surface area (Å²) in [6.45, 7) is 3.37. The lowest BCUT2D eigenvalue weighted by Crippen LogP contribution is -2.20. The molecule has 0 saturated heterocycles. The van der Waals surface area contributed by atoms with Crippen LogP contribution in [0.4, 0.5) is 0 Å². The Labute approximate surface area is 66.3 Å². The van der Waals surface area contributed by atoms with Gasteiger partial charge < -0.3 is 5.32 Å². The maximum Gasteiger partial charge on any atom is 0.247 e. The standard InChI is InChI=1S/C9H11NO/c1-2-9(11)10-8-6-4-3-5-7-8/h2-4,6H,1,5,7H2,(H,10,11). The molecule has 1 aliphatic carbocycles. The minimum atomic E-state index is -0.133. The van der Waals surface area contributed by atoms with E-state index in [2.05, 4.69) is 18.0 Å². The van der Waals surface area contributed by atoms with Gasteiger partial charge in [0.25, 0.3) is 0 Å². The van der Waals surface area contributed by atoms with Gasteiger partial charge in [0, 0.05) is 5.70 Å². The fraction of sp³-hybridized carbons (Fsp3) is 0.222. The second-order valence-electron chi connectivity index (χ2n) is 2.35. The van der Waals surface area contributed by atoms with Gasteiger partial charge in [-0.2, -0.15) is 0 Å². The largest absolute Gasteiger partial charge is 0.326 e. The van der Waals surface area contributed by atoms with Crippen LogP contribution in [0.3, 0.4) is 0 Å². The van der Waals surface area contributed by atoms with Crippen LogP contribution in [-0.4, -0.2) is 5.91 Å². The van der Waals surface area contributed by atoms with Crippen molar-refractivity contribution in [1.82, 2.24) is 5.32 Å². The molecule has 0 aromatic heterocycles. The molecule has 0 radical (unpaired) electrons. The normalized spacial score (nSPS) is 15.5. The van der Waals surface area contributed by atoms with Crippen molar-refractivity contribution in [3.05, 3.63) is 36.6 Å². The third kappa shape index (κ3) is 2.42. The molecule has 0 saturated carbocycles. The maximum absolute atomic E-state index is 10.8. The van der Waals surface area contributed by atoms with E-state index in [1.54, 1.807) is 0 Å². The van der Waals surface area contributed by atoms with E-state index < -0.39 is 0 Å². The zero-order valence-electron chi connectivity index (χ0n) is 6.34. The minimum Gasteiger partial charge on any atom is -0.326 e. The van der Waals surface area contributed by atoms with E-state index in [4.69, 9.17) is 0 Å². The highest BCUT2D eigenvalue weighted by molar-refractivity contribution is 5.88. The molecule has 0 atom stereocenters. The molecule has 0 aromatic rings. The topological polar surface area (TPSA) is 29.1 Å². The summed E-state index contributed by atoms with van der Waals surface area (Å²) < 4.78 is 0. The molecule has 58 valence electrons. The quantitative estimate of drug-likeness (QED) is 0.592. The molecule has 2 nitrogen and oxygen atoms in total. The lowest BCUT2D eigenvalue weighted by Gasteiger charge is -2.08. The van der Waals surface area contributed by atoms with Crippen LogP contribution >= 0.6 is 0 Å². The second kappa shape index (κ2) is 3.76. The van der Waals surface area contributed by atoms with Gasteiger partial charge in [-0.1, -0.05) is 18.7 Å². The van der Waals surface area contributed by atoms with Crippen molar-refractivity contribution in [1.29, 1.82) is 0 Å². The summed E-state index contributed by atoms with van der Waals surface area (Å²) >= 11 is 0. The predicted molar refractivity (Wildman–Crippen MR) is 44.8 cm³/mol. The van der Waals surface area contributed by atoms with Gasteiger partial charge in [0.05, 0.1) is 0 Å².